The number of hydrogen-bond donors (Lipinski definition) is 0. The SMILES string of the molecule is COc1cccc(Sc2nc(Cl)nc(Cl)n2)c1. The number of rotatable bonds is 3. The molecular formula is C10H7Cl2N3OS. The third-order valence-electron chi connectivity index (χ3n) is 1.81. The van der Waals surface area contributed by atoms with Gasteiger partial charge in [-0.2, -0.15) is 15.0 Å². The molecule has 0 atom stereocenters. The molecule has 0 unspecified atom stereocenters. The monoisotopic (exact) mass is 287 g/mol. The first-order valence-corrected chi connectivity index (χ1v) is 6.13. The van der Waals surface area contributed by atoms with E-state index in [-0.39, 0.29) is 10.6 Å². The summed E-state index contributed by atoms with van der Waals surface area (Å²) in [6.07, 6.45) is 0. The molecule has 88 valence electrons. The van der Waals surface area contributed by atoms with Crippen LogP contribution in [0.2, 0.25) is 10.6 Å². The van der Waals surface area contributed by atoms with E-state index in [0.717, 1.165) is 10.6 Å². The van der Waals surface area contributed by atoms with Crippen molar-refractivity contribution < 1.29 is 4.74 Å². The Morgan fingerprint density at radius 3 is 2.47 bits per heavy atom. The Morgan fingerprint density at radius 1 is 1.12 bits per heavy atom. The van der Waals surface area contributed by atoms with Gasteiger partial charge in [0.15, 0.2) is 5.16 Å². The highest BCUT2D eigenvalue weighted by atomic mass is 35.5. The number of halogens is 2. The minimum atomic E-state index is 0.0791. The van der Waals surface area contributed by atoms with Crippen LogP contribution >= 0.6 is 35.0 Å². The van der Waals surface area contributed by atoms with Gasteiger partial charge in [-0.3, -0.25) is 0 Å². The van der Waals surface area contributed by atoms with Crippen LogP contribution in [0, 0.1) is 0 Å². The molecule has 0 spiro atoms. The molecule has 0 aliphatic rings. The van der Waals surface area contributed by atoms with Crippen LogP contribution in [-0.4, -0.2) is 22.1 Å². The molecule has 7 heteroatoms. The van der Waals surface area contributed by atoms with Crippen molar-refractivity contribution in [3.63, 3.8) is 0 Å². The number of ether oxygens (including phenoxy) is 1. The summed E-state index contributed by atoms with van der Waals surface area (Å²) in [5.74, 6) is 0.765. The number of nitrogens with zero attached hydrogens (tertiary/aromatic N) is 3. The first kappa shape index (κ1) is 12.4. The molecule has 2 aromatic rings. The summed E-state index contributed by atoms with van der Waals surface area (Å²) in [6, 6.07) is 7.53. The van der Waals surface area contributed by atoms with Gasteiger partial charge >= 0.3 is 0 Å². The molecule has 4 nitrogen and oxygen atoms in total. The highest BCUT2D eigenvalue weighted by Gasteiger charge is 2.06. The van der Waals surface area contributed by atoms with Gasteiger partial charge in [0.05, 0.1) is 7.11 Å². The standard InChI is InChI=1S/C10H7Cl2N3OS/c1-16-6-3-2-4-7(5-6)17-10-14-8(11)13-9(12)15-10/h2-5H,1H3. The van der Waals surface area contributed by atoms with Crippen molar-refractivity contribution in [1.82, 2.24) is 15.0 Å². The number of aromatic nitrogens is 3. The van der Waals surface area contributed by atoms with Crippen molar-refractivity contribution in [2.24, 2.45) is 0 Å². The molecule has 0 amide bonds. The molecule has 0 fully saturated rings. The van der Waals surface area contributed by atoms with Crippen LogP contribution in [-0.2, 0) is 0 Å². The fourth-order valence-electron chi connectivity index (χ4n) is 1.12. The zero-order valence-corrected chi connectivity index (χ0v) is 11.1. The zero-order valence-electron chi connectivity index (χ0n) is 8.72. The molecule has 1 aromatic heterocycles. The second kappa shape index (κ2) is 5.53. The fourth-order valence-corrected chi connectivity index (χ4v) is 2.39. The molecule has 17 heavy (non-hydrogen) atoms. The van der Waals surface area contributed by atoms with Gasteiger partial charge in [-0.25, -0.2) is 0 Å². The first-order chi connectivity index (χ1) is 8.17. The van der Waals surface area contributed by atoms with Crippen molar-refractivity contribution in [1.29, 1.82) is 0 Å². The van der Waals surface area contributed by atoms with Crippen LogP contribution in [0.5, 0.6) is 5.75 Å². The molecule has 0 saturated carbocycles. The van der Waals surface area contributed by atoms with E-state index in [1.165, 1.54) is 11.8 Å². The van der Waals surface area contributed by atoms with Crippen molar-refractivity contribution in [3.05, 3.63) is 34.8 Å². The van der Waals surface area contributed by atoms with E-state index in [0.29, 0.717) is 5.16 Å². The average Bonchev–Trinajstić information content (AvgIpc) is 2.28. The summed E-state index contributed by atoms with van der Waals surface area (Å²) in [7, 11) is 1.61. The van der Waals surface area contributed by atoms with E-state index in [9.17, 15) is 0 Å². The maximum Gasteiger partial charge on any atom is 0.227 e. The Hall–Kier alpha value is -1.04. The van der Waals surface area contributed by atoms with E-state index >= 15 is 0 Å². The second-order valence-corrected chi connectivity index (χ2v) is 4.65. The lowest BCUT2D eigenvalue weighted by Crippen LogP contribution is -1.91. The van der Waals surface area contributed by atoms with Crippen molar-refractivity contribution in [2.45, 2.75) is 10.1 Å². The van der Waals surface area contributed by atoms with Crippen molar-refractivity contribution >= 4 is 35.0 Å². The Kier molecular flexibility index (Phi) is 4.04. The summed E-state index contributed by atoms with van der Waals surface area (Å²) < 4.78 is 5.12. The molecule has 0 N–H and O–H groups in total. The topological polar surface area (TPSA) is 47.9 Å². The van der Waals surface area contributed by atoms with E-state index in [4.69, 9.17) is 27.9 Å². The Labute approximate surface area is 112 Å². The lowest BCUT2D eigenvalue weighted by molar-refractivity contribution is 0.413. The van der Waals surface area contributed by atoms with Gasteiger partial charge in [0.2, 0.25) is 10.6 Å². The molecule has 0 aliphatic heterocycles. The highest BCUT2D eigenvalue weighted by Crippen LogP contribution is 2.28. The summed E-state index contributed by atoms with van der Waals surface area (Å²) in [6.45, 7) is 0. The Balaban J connectivity index is 2.24. The highest BCUT2D eigenvalue weighted by molar-refractivity contribution is 7.99. The van der Waals surface area contributed by atoms with Gasteiger partial charge in [-0.05, 0) is 53.2 Å². The van der Waals surface area contributed by atoms with Crippen LogP contribution in [0.4, 0.5) is 0 Å². The van der Waals surface area contributed by atoms with Gasteiger partial charge < -0.3 is 4.74 Å². The summed E-state index contributed by atoms with van der Waals surface area (Å²) in [5, 5.41) is 0.606. The van der Waals surface area contributed by atoms with Crippen LogP contribution in [0.1, 0.15) is 0 Å². The van der Waals surface area contributed by atoms with Gasteiger partial charge in [0.25, 0.3) is 0 Å². The zero-order chi connectivity index (χ0) is 12.3. The lowest BCUT2D eigenvalue weighted by Gasteiger charge is -2.03. The second-order valence-electron chi connectivity index (χ2n) is 2.94. The molecular weight excluding hydrogens is 281 g/mol. The Bertz CT molecular complexity index is 518. The third-order valence-corrected chi connectivity index (χ3v) is 3.00. The molecule has 2 rings (SSSR count). The normalized spacial score (nSPS) is 10.3. The predicted molar refractivity (Wildman–Crippen MR) is 67.0 cm³/mol. The van der Waals surface area contributed by atoms with Crippen LogP contribution in [0.25, 0.3) is 0 Å². The van der Waals surface area contributed by atoms with Crippen molar-refractivity contribution in [3.8, 4) is 5.75 Å². The number of hydrogen-bond acceptors (Lipinski definition) is 5. The first-order valence-electron chi connectivity index (χ1n) is 4.56. The van der Waals surface area contributed by atoms with E-state index in [1.807, 2.05) is 24.3 Å². The molecule has 0 saturated heterocycles. The molecule has 1 heterocycles. The predicted octanol–water partition coefficient (Wildman–Crippen LogP) is 3.34. The van der Waals surface area contributed by atoms with Gasteiger partial charge in [0, 0.05) is 4.90 Å². The van der Waals surface area contributed by atoms with Gasteiger partial charge in [-0.15, -0.1) is 0 Å². The average molecular weight is 288 g/mol. The minimum absolute atomic E-state index is 0.0791. The maximum absolute atomic E-state index is 5.69. The lowest BCUT2D eigenvalue weighted by atomic mass is 10.3. The Morgan fingerprint density at radius 2 is 1.82 bits per heavy atom. The quantitative estimate of drug-likeness (QED) is 0.867. The molecule has 0 radical (unpaired) electrons. The van der Waals surface area contributed by atoms with E-state index in [1.54, 1.807) is 7.11 Å². The molecule has 1 aromatic carbocycles. The van der Waals surface area contributed by atoms with Crippen LogP contribution in [0.15, 0.2) is 34.3 Å². The fraction of sp³-hybridized carbons (Fsp3) is 0.100. The number of methoxy groups -OCH3 is 1. The van der Waals surface area contributed by atoms with Gasteiger partial charge in [-0.1, -0.05) is 6.07 Å². The summed E-state index contributed by atoms with van der Waals surface area (Å²) in [5.41, 5.74) is 0. The maximum atomic E-state index is 5.69. The smallest absolute Gasteiger partial charge is 0.227 e. The van der Waals surface area contributed by atoms with Crippen molar-refractivity contribution in [2.75, 3.05) is 7.11 Å². The molecule has 0 bridgehead atoms. The third kappa shape index (κ3) is 3.46. The van der Waals surface area contributed by atoms with Crippen LogP contribution < -0.4 is 4.74 Å². The summed E-state index contributed by atoms with van der Waals surface area (Å²) >= 11 is 12.7. The number of benzene rings is 1. The van der Waals surface area contributed by atoms with Gasteiger partial charge in [0.1, 0.15) is 5.75 Å². The largest absolute Gasteiger partial charge is 0.497 e. The minimum Gasteiger partial charge on any atom is -0.497 e. The molecule has 0 aliphatic carbocycles. The van der Waals surface area contributed by atoms with E-state index in [2.05, 4.69) is 15.0 Å². The summed E-state index contributed by atoms with van der Waals surface area (Å²) in [4.78, 5) is 12.5. The van der Waals surface area contributed by atoms with E-state index < -0.39 is 0 Å². The van der Waals surface area contributed by atoms with Crippen LogP contribution in [0.3, 0.4) is 0 Å².